The van der Waals surface area contributed by atoms with E-state index in [0.29, 0.717) is 48.1 Å². The van der Waals surface area contributed by atoms with Crippen molar-refractivity contribution in [3.8, 4) is 17.2 Å². The lowest BCUT2D eigenvalue weighted by Gasteiger charge is -2.17. The Morgan fingerprint density at radius 3 is 2.28 bits per heavy atom. The van der Waals surface area contributed by atoms with Crippen molar-refractivity contribution >= 4 is 18.0 Å². The van der Waals surface area contributed by atoms with Gasteiger partial charge in [-0.3, -0.25) is 4.79 Å². The maximum atomic E-state index is 13.1. The Morgan fingerprint density at radius 1 is 1.03 bits per heavy atom. The molecular weight excluding hydrogens is 378 g/mol. The summed E-state index contributed by atoms with van der Waals surface area (Å²) in [5, 5.41) is 0. The molecule has 0 aromatic heterocycles. The molecule has 29 heavy (non-hydrogen) atoms. The lowest BCUT2D eigenvalue weighted by Crippen LogP contribution is -2.26. The molecule has 0 N–H and O–H groups in total. The molecule has 158 valence electrons. The number of ether oxygens (including phenoxy) is 5. The molecule has 1 aromatic rings. The smallest absolute Gasteiger partial charge is 0.340 e. The third kappa shape index (κ3) is 4.37. The fourth-order valence-electron chi connectivity index (χ4n) is 3.26. The molecule has 0 atom stereocenters. The van der Waals surface area contributed by atoms with E-state index in [-0.39, 0.29) is 17.1 Å². The Hall–Kier alpha value is -3.00. The number of esters is 1. The van der Waals surface area contributed by atoms with Crippen LogP contribution in [0.5, 0.6) is 17.2 Å². The highest BCUT2D eigenvalue weighted by Gasteiger charge is 2.37. The van der Waals surface area contributed by atoms with E-state index < -0.39 is 5.97 Å². The third-order valence-electron chi connectivity index (χ3n) is 4.67. The minimum Gasteiger partial charge on any atom is -0.493 e. The van der Waals surface area contributed by atoms with Gasteiger partial charge in [-0.15, -0.1) is 0 Å². The maximum Gasteiger partial charge on any atom is 0.340 e. The molecule has 1 heterocycles. The number of hydrogen-bond acceptors (Lipinski definition) is 7. The minimum absolute atomic E-state index is 0.228. The van der Waals surface area contributed by atoms with E-state index >= 15 is 0 Å². The summed E-state index contributed by atoms with van der Waals surface area (Å²) in [5.74, 6) is 0.427. The van der Waals surface area contributed by atoms with E-state index in [2.05, 4.69) is 0 Å². The highest BCUT2D eigenvalue weighted by molar-refractivity contribution is 6.16. The summed E-state index contributed by atoms with van der Waals surface area (Å²) >= 11 is 0. The number of methoxy groups -OCH3 is 5. The van der Waals surface area contributed by atoms with Gasteiger partial charge < -0.3 is 28.6 Å². The normalized spacial score (nSPS) is 15.2. The molecule has 0 spiro atoms. The largest absolute Gasteiger partial charge is 0.493 e. The Morgan fingerprint density at radius 2 is 1.72 bits per heavy atom. The fourth-order valence-corrected chi connectivity index (χ4v) is 3.26. The fraction of sp³-hybridized carbons (Fsp3) is 0.429. The van der Waals surface area contributed by atoms with Crippen LogP contribution in [0.4, 0.5) is 0 Å². The van der Waals surface area contributed by atoms with Gasteiger partial charge in [-0.1, -0.05) is 0 Å². The number of rotatable bonds is 9. The molecule has 0 saturated heterocycles. The Labute approximate surface area is 170 Å². The van der Waals surface area contributed by atoms with E-state index in [1.807, 2.05) is 0 Å². The van der Waals surface area contributed by atoms with Crippen LogP contribution in [-0.4, -0.2) is 65.5 Å². The number of amides is 1. The topological polar surface area (TPSA) is 83.5 Å². The van der Waals surface area contributed by atoms with Crippen LogP contribution in [0.15, 0.2) is 29.0 Å². The number of nitrogens with zero attached hydrogens (tertiary/aromatic N) is 1. The van der Waals surface area contributed by atoms with Crippen molar-refractivity contribution in [2.75, 3.05) is 48.7 Å². The Balaban J connectivity index is 2.58. The van der Waals surface area contributed by atoms with Crippen molar-refractivity contribution in [1.29, 1.82) is 0 Å². The number of carbonyl (C=O) groups excluding carboxylic acids is 2. The average molecular weight is 405 g/mol. The molecule has 0 unspecified atom stereocenters. The first-order valence-corrected chi connectivity index (χ1v) is 9.06. The molecule has 1 aliphatic heterocycles. The second-order valence-electron chi connectivity index (χ2n) is 6.24. The highest BCUT2D eigenvalue weighted by Crippen LogP contribution is 2.42. The molecule has 0 bridgehead atoms. The van der Waals surface area contributed by atoms with Crippen LogP contribution in [-0.2, 0) is 19.1 Å². The van der Waals surface area contributed by atoms with Gasteiger partial charge in [0, 0.05) is 31.5 Å². The Bertz CT molecular complexity index is 842. The molecule has 1 amide bonds. The van der Waals surface area contributed by atoms with E-state index in [4.69, 9.17) is 23.7 Å². The maximum absolute atomic E-state index is 13.1. The van der Waals surface area contributed by atoms with Gasteiger partial charge in [-0.25, -0.2) is 4.79 Å². The van der Waals surface area contributed by atoms with Crippen molar-refractivity contribution in [1.82, 2.24) is 4.90 Å². The van der Waals surface area contributed by atoms with Crippen molar-refractivity contribution in [2.45, 2.75) is 13.3 Å². The first-order valence-electron chi connectivity index (χ1n) is 9.06. The standard InChI is InChI=1S/C21H27NO7/c1-13-17(21(24)29-6)15(20(23)22(13)10-7-11-25-2)12-14-8-9-16(26-3)19(28-5)18(14)27-4/h8-9,12H,7,10-11H2,1-6H3/b15-12-. The minimum atomic E-state index is -0.573. The van der Waals surface area contributed by atoms with Crippen LogP contribution < -0.4 is 14.2 Å². The molecule has 2 rings (SSSR count). The van der Waals surface area contributed by atoms with Crippen molar-refractivity contribution in [2.24, 2.45) is 0 Å². The monoisotopic (exact) mass is 405 g/mol. The first kappa shape index (κ1) is 22.3. The summed E-state index contributed by atoms with van der Waals surface area (Å²) in [7, 11) is 7.40. The lowest BCUT2D eigenvalue weighted by molar-refractivity contribution is -0.136. The average Bonchev–Trinajstić information content (AvgIpc) is 2.96. The van der Waals surface area contributed by atoms with Gasteiger partial charge in [0.2, 0.25) is 5.75 Å². The summed E-state index contributed by atoms with van der Waals surface area (Å²) in [6.07, 6.45) is 2.25. The molecule has 0 aliphatic carbocycles. The van der Waals surface area contributed by atoms with E-state index in [9.17, 15) is 9.59 Å². The molecule has 1 aromatic carbocycles. The van der Waals surface area contributed by atoms with Crippen LogP contribution in [0.1, 0.15) is 18.9 Å². The van der Waals surface area contributed by atoms with Gasteiger partial charge in [-0.2, -0.15) is 0 Å². The Kier molecular flexibility index (Phi) is 7.67. The van der Waals surface area contributed by atoms with Gasteiger partial charge in [0.05, 0.1) is 39.6 Å². The van der Waals surface area contributed by atoms with E-state index in [0.717, 1.165) is 0 Å². The summed E-state index contributed by atoms with van der Waals surface area (Å²) in [6.45, 7) is 2.66. The van der Waals surface area contributed by atoms with Gasteiger partial charge in [0.1, 0.15) is 0 Å². The summed E-state index contributed by atoms with van der Waals surface area (Å²) in [5.41, 5.74) is 1.58. The summed E-state index contributed by atoms with van der Waals surface area (Å²) in [4.78, 5) is 27.1. The molecule has 0 fully saturated rings. The van der Waals surface area contributed by atoms with Crippen LogP contribution in [0, 0.1) is 0 Å². The van der Waals surface area contributed by atoms with Gasteiger partial charge in [-0.05, 0) is 31.6 Å². The number of benzene rings is 1. The molecule has 1 aliphatic rings. The zero-order valence-electron chi connectivity index (χ0n) is 17.7. The third-order valence-corrected chi connectivity index (χ3v) is 4.67. The number of allylic oxidation sites excluding steroid dienone is 1. The first-order chi connectivity index (χ1) is 13.9. The van der Waals surface area contributed by atoms with Gasteiger partial charge in [0.25, 0.3) is 5.91 Å². The summed E-state index contributed by atoms with van der Waals surface area (Å²) in [6, 6.07) is 3.44. The highest BCUT2D eigenvalue weighted by atomic mass is 16.5. The second kappa shape index (κ2) is 9.97. The zero-order chi connectivity index (χ0) is 21.6. The van der Waals surface area contributed by atoms with Crippen LogP contribution >= 0.6 is 0 Å². The number of hydrogen-bond donors (Lipinski definition) is 0. The van der Waals surface area contributed by atoms with Gasteiger partial charge >= 0.3 is 5.97 Å². The molecular formula is C21H27NO7. The molecule has 0 radical (unpaired) electrons. The number of carbonyl (C=O) groups is 2. The van der Waals surface area contributed by atoms with Crippen LogP contribution in [0.25, 0.3) is 6.08 Å². The van der Waals surface area contributed by atoms with Crippen molar-refractivity contribution < 1.29 is 33.3 Å². The van der Waals surface area contributed by atoms with E-state index in [1.165, 1.54) is 28.4 Å². The molecule has 0 saturated carbocycles. The van der Waals surface area contributed by atoms with E-state index in [1.54, 1.807) is 37.1 Å². The molecule has 8 heteroatoms. The van der Waals surface area contributed by atoms with Crippen molar-refractivity contribution in [3.05, 3.63) is 34.5 Å². The predicted octanol–water partition coefficient (Wildman–Crippen LogP) is 2.42. The SMILES string of the molecule is COCCCN1C(=O)/C(=C\c2ccc(OC)c(OC)c2OC)C(C(=O)OC)=C1C. The quantitative estimate of drug-likeness (QED) is 0.354. The van der Waals surface area contributed by atoms with Crippen molar-refractivity contribution in [3.63, 3.8) is 0 Å². The molecule has 8 nitrogen and oxygen atoms in total. The van der Waals surface area contributed by atoms with Gasteiger partial charge in [0.15, 0.2) is 11.5 Å². The summed E-state index contributed by atoms with van der Waals surface area (Å²) < 4.78 is 26.2. The van der Waals surface area contributed by atoms with Crippen LogP contribution in [0.3, 0.4) is 0 Å². The zero-order valence-corrected chi connectivity index (χ0v) is 17.7. The predicted molar refractivity (Wildman–Crippen MR) is 107 cm³/mol. The van der Waals surface area contributed by atoms with Crippen LogP contribution in [0.2, 0.25) is 0 Å². The lowest BCUT2D eigenvalue weighted by atomic mass is 10.0. The second-order valence-corrected chi connectivity index (χ2v) is 6.24.